The van der Waals surface area contributed by atoms with Crippen LogP contribution in [0.2, 0.25) is 5.02 Å². The van der Waals surface area contributed by atoms with E-state index < -0.39 is 0 Å². The van der Waals surface area contributed by atoms with E-state index in [1.807, 2.05) is 35.9 Å². The van der Waals surface area contributed by atoms with E-state index >= 15 is 0 Å². The Balaban J connectivity index is 2.11. The van der Waals surface area contributed by atoms with Crippen molar-refractivity contribution >= 4 is 22.5 Å². The van der Waals surface area contributed by atoms with E-state index in [-0.39, 0.29) is 6.04 Å². The minimum atomic E-state index is -0.218. The van der Waals surface area contributed by atoms with Crippen molar-refractivity contribution in [3.05, 3.63) is 59.0 Å². The number of aromatic nitrogens is 3. The maximum Gasteiger partial charge on any atom is 0.0893 e. The molecule has 5 nitrogen and oxygen atoms in total. The molecule has 1 aromatic carbocycles. The van der Waals surface area contributed by atoms with Crippen molar-refractivity contribution < 1.29 is 0 Å². The van der Waals surface area contributed by atoms with Crippen LogP contribution in [0.1, 0.15) is 24.2 Å². The Bertz CT molecular complexity index is 768. The zero-order valence-electron chi connectivity index (χ0n) is 11.6. The van der Waals surface area contributed by atoms with E-state index in [0.29, 0.717) is 5.02 Å². The number of benzene rings is 1. The first kappa shape index (κ1) is 14.0. The second-order valence-electron chi connectivity index (χ2n) is 4.75. The fourth-order valence-corrected chi connectivity index (χ4v) is 2.77. The molecule has 0 amide bonds. The Morgan fingerprint density at radius 1 is 1.38 bits per heavy atom. The molecule has 0 aliphatic heterocycles. The molecule has 2 aromatic heterocycles. The van der Waals surface area contributed by atoms with Crippen LogP contribution in [0.15, 0.2) is 42.7 Å². The number of halogens is 1. The van der Waals surface area contributed by atoms with Gasteiger partial charge in [-0.25, -0.2) is 5.43 Å². The quantitative estimate of drug-likeness (QED) is 0.574. The first-order valence-corrected chi connectivity index (χ1v) is 7.14. The Kier molecular flexibility index (Phi) is 3.88. The molecular weight excluding hydrogens is 286 g/mol. The van der Waals surface area contributed by atoms with Gasteiger partial charge in [0.1, 0.15) is 0 Å². The highest BCUT2D eigenvalue weighted by Crippen LogP contribution is 2.29. The first-order chi connectivity index (χ1) is 10.2. The number of aryl methyl sites for hydroxylation is 1. The van der Waals surface area contributed by atoms with Crippen molar-refractivity contribution in [3.8, 4) is 0 Å². The highest BCUT2D eigenvalue weighted by Gasteiger charge is 2.21. The molecule has 3 rings (SSSR count). The summed E-state index contributed by atoms with van der Waals surface area (Å²) >= 11 is 6.27. The summed E-state index contributed by atoms with van der Waals surface area (Å²) in [5.41, 5.74) is 5.68. The van der Waals surface area contributed by atoms with Gasteiger partial charge in [0.15, 0.2) is 0 Å². The number of nitrogens with one attached hydrogen (secondary N) is 1. The van der Waals surface area contributed by atoms with Crippen LogP contribution in [-0.4, -0.2) is 14.8 Å². The lowest BCUT2D eigenvalue weighted by Gasteiger charge is -2.18. The van der Waals surface area contributed by atoms with Gasteiger partial charge in [0.25, 0.3) is 0 Å². The van der Waals surface area contributed by atoms with Gasteiger partial charge in [-0.1, -0.05) is 23.7 Å². The van der Waals surface area contributed by atoms with Crippen molar-refractivity contribution in [3.63, 3.8) is 0 Å². The summed E-state index contributed by atoms with van der Waals surface area (Å²) < 4.78 is 1.85. The van der Waals surface area contributed by atoms with E-state index in [1.54, 1.807) is 12.4 Å². The molecule has 108 valence electrons. The summed E-state index contributed by atoms with van der Waals surface area (Å²) in [5.74, 6) is 5.77. The maximum atomic E-state index is 6.27. The van der Waals surface area contributed by atoms with Gasteiger partial charge >= 0.3 is 0 Å². The number of nitrogens with two attached hydrogens (primary N) is 1. The van der Waals surface area contributed by atoms with Gasteiger partial charge in [0.2, 0.25) is 0 Å². The molecular formula is C15H16ClN5. The Labute approximate surface area is 127 Å². The number of hydrogen-bond acceptors (Lipinski definition) is 4. The third kappa shape index (κ3) is 2.51. The van der Waals surface area contributed by atoms with Crippen molar-refractivity contribution in [1.29, 1.82) is 0 Å². The van der Waals surface area contributed by atoms with Crippen molar-refractivity contribution in [2.24, 2.45) is 5.84 Å². The van der Waals surface area contributed by atoms with Gasteiger partial charge in [0, 0.05) is 18.1 Å². The largest absolute Gasteiger partial charge is 0.271 e. The number of hydrogen-bond donors (Lipinski definition) is 2. The molecule has 21 heavy (non-hydrogen) atoms. The van der Waals surface area contributed by atoms with Crippen LogP contribution in [0, 0.1) is 0 Å². The SMILES string of the molecule is CCn1ncc(Cl)c1C(NN)c1ccc2ncccc2c1. The molecule has 6 heteroatoms. The summed E-state index contributed by atoms with van der Waals surface area (Å²) in [7, 11) is 0. The third-order valence-corrected chi connectivity index (χ3v) is 3.82. The summed E-state index contributed by atoms with van der Waals surface area (Å²) in [4.78, 5) is 4.33. The molecule has 3 aromatic rings. The predicted octanol–water partition coefficient (Wildman–Crippen LogP) is 2.66. The highest BCUT2D eigenvalue weighted by molar-refractivity contribution is 6.31. The molecule has 0 aliphatic rings. The van der Waals surface area contributed by atoms with Gasteiger partial charge < -0.3 is 0 Å². The van der Waals surface area contributed by atoms with E-state index in [9.17, 15) is 0 Å². The van der Waals surface area contributed by atoms with Crippen molar-refractivity contribution in [1.82, 2.24) is 20.2 Å². The lowest BCUT2D eigenvalue weighted by atomic mass is 10.0. The lowest BCUT2D eigenvalue weighted by Crippen LogP contribution is -2.31. The second-order valence-corrected chi connectivity index (χ2v) is 5.16. The normalized spacial score (nSPS) is 12.7. The summed E-state index contributed by atoms with van der Waals surface area (Å²) in [6.45, 7) is 2.75. The Hall–Kier alpha value is -1.95. The molecule has 0 fully saturated rings. The van der Waals surface area contributed by atoms with Crippen LogP contribution >= 0.6 is 11.6 Å². The Morgan fingerprint density at radius 2 is 2.24 bits per heavy atom. The average Bonchev–Trinajstić information content (AvgIpc) is 2.89. The fraction of sp³-hybridized carbons (Fsp3) is 0.200. The molecule has 0 spiro atoms. The van der Waals surface area contributed by atoms with Crippen molar-refractivity contribution in [2.75, 3.05) is 0 Å². The van der Waals surface area contributed by atoms with Gasteiger partial charge in [-0.3, -0.25) is 15.5 Å². The van der Waals surface area contributed by atoms with Crippen LogP contribution in [0.25, 0.3) is 10.9 Å². The maximum absolute atomic E-state index is 6.27. The van der Waals surface area contributed by atoms with Crippen molar-refractivity contribution in [2.45, 2.75) is 19.5 Å². The predicted molar refractivity (Wildman–Crippen MR) is 83.8 cm³/mol. The van der Waals surface area contributed by atoms with Gasteiger partial charge in [-0.15, -0.1) is 0 Å². The standard InChI is InChI=1S/C15H16ClN5/c1-2-21-15(12(16)9-19-21)14(20-17)11-5-6-13-10(8-11)4-3-7-18-13/h3-9,14,20H,2,17H2,1H3. The minimum absolute atomic E-state index is 0.218. The molecule has 0 saturated carbocycles. The number of nitrogens with zero attached hydrogens (tertiary/aromatic N) is 3. The van der Waals surface area contributed by atoms with Gasteiger partial charge in [-0.2, -0.15) is 5.10 Å². The van der Waals surface area contributed by atoms with Crippen LogP contribution in [-0.2, 0) is 6.54 Å². The second kappa shape index (κ2) is 5.81. The molecule has 0 bridgehead atoms. The van der Waals surface area contributed by atoms with Crippen LogP contribution < -0.4 is 11.3 Å². The number of pyridine rings is 1. The molecule has 0 aliphatic carbocycles. The number of fused-ring (bicyclic) bond motifs is 1. The number of rotatable bonds is 4. The molecule has 3 N–H and O–H groups in total. The lowest BCUT2D eigenvalue weighted by molar-refractivity contribution is 0.544. The van der Waals surface area contributed by atoms with Gasteiger partial charge in [0.05, 0.1) is 28.5 Å². The topological polar surface area (TPSA) is 68.8 Å². The molecule has 1 atom stereocenters. The summed E-state index contributed by atoms with van der Waals surface area (Å²) in [6, 6.07) is 9.78. The van der Waals surface area contributed by atoms with E-state index in [2.05, 4.69) is 21.6 Å². The zero-order chi connectivity index (χ0) is 14.8. The van der Waals surface area contributed by atoms with E-state index in [0.717, 1.165) is 28.7 Å². The Morgan fingerprint density at radius 3 is 3.00 bits per heavy atom. The molecule has 0 saturated heterocycles. The average molecular weight is 302 g/mol. The van der Waals surface area contributed by atoms with E-state index in [1.165, 1.54) is 0 Å². The molecule has 1 unspecified atom stereocenters. The van der Waals surface area contributed by atoms with Crippen LogP contribution in [0.4, 0.5) is 0 Å². The molecule has 0 radical (unpaired) electrons. The summed E-state index contributed by atoms with van der Waals surface area (Å²) in [5, 5.41) is 5.93. The monoisotopic (exact) mass is 301 g/mol. The van der Waals surface area contributed by atoms with Gasteiger partial charge in [-0.05, 0) is 30.7 Å². The number of hydrazine groups is 1. The zero-order valence-corrected chi connectivity index (χ0v) is 12.4. The van der Waals surface area contributed by atoms with Crippen LogP contribution in [0.3, 0.4) is 0 Å². The van der Waals surface area contributed by atoms with Crippen LogP contribution in [0.5, 0.6) is 0 Å². The highest BCUT2D eigenvalue weighted by atomic mass is 35.5. The fourth-order valence-electron chi connectivity index (χ4n) is 2.52. The molecule has 2 heterocycles. The summed E-state index contributed by atoms with van der Waals surface area (Å²) in [6.07, 6.45) is 3.43. The smallest absolute Gasteiger partial charge is 0.0893 e. The minimum Gasteiger partial charge on any atom is -0.271 e. The third-order valence-electron chi connectivity index (χ3n) is 3.53. The van der Waals surface area contributed by atoms with E-state index in [4.69, 9.17) is 17.4 Å². The first-order valence-electron chi connectivity index (χ1n) is 6.76.